The van der Waals surface area contributed by atoms with E-state index in [-0.39, 0.29) is 17.2 Å². The summed E-state index contributed by atoms with van der Waals surface area (Å²) < 4.78 is 1.63. The van der Waals surface area contributed by atoms with Crippen LogP contribution in [0.3, 0.4) is 0 Å². The molecule has 2 rings (SSSR count). The van der Waals surface area contributed by atoms with Crippen LogP contribution < -0.4 is 5.56 Å². The van der Waals surface area contributed by atoms with Crippen molar-refractivity contribution >= 4 is 40.2 Å². The van der Waals surface area contributed by atoms with Gasteiger partial charge in [-0.1, -0.05) is 30.3 Å². The van der Waals surface area contributed by atoms with Gasteiger partial charge in [0.15, 0.2) is 5.16 Å². The van der Waals surface area contributed by atoms with Crippen LogP contribution in [-0.2, 0) is 11.3 Å². The van der Waals surface area contributed by atoms with Gasteiger partial charge in [0.1, 0.15) is 0 Å². The highest BCUT2D eigenvalue weighted by Crippen LogP contribution is 2.20. The molecule has 0 N–H and O–H groups in total. The monoisotopic (exact) mass is 339 g/mol. The summed E-state index contributed by atoms with van der Waals surface area (Å²) in [5.74, 6) is 0.225. The molecule has 5 nitrogen and oxygen atoms in total. The van der Waals surface area contributed by atoms with Gasteiger partial charge in [-0.2, -0.15) is 0 Å². The van der Waals surface area contributed by atoms with Crippen LogP contribution in [0.5, 0.6) is 0 Å². The zero-order valence-electron chi connectivity index (χ0n) is 12.8. The van der Waals surface area contributed by atoms with Crippen LogP contribution in [0.15, 0.2) is 28.2 Å². The van der Waals surface area contributed by atoms with E-state index in [1.807, 2.05) is 6.92 Å². The van der Waals surface area contributed by atoms with Gasteiger partial charge in [-0.15, -0.1) is 0 Å². The average Bonchev–Trinajstić information content (AvgIpc) is 2.47. The van der Waals surface area contributed by atoms with E-state index in [2.05, 4.69) is 4.98 Å². The third-order valence-electron chi connectivity index (χ3n) is 3.15. The maximum Gasteiger partial charge on any atom is 0.262 e. The number of hydrogen-bond acceptors (Lipinski definition) is 4. The number of carbonyl (C=O) groups excluding carboxylic acids is 1. The molecular formula is C15H18ClN3O2S. The topological polar surface area (TPSA) is 55.2 Å². The van der Waals surface area contributed by atoms with Crippen LogP contribution in [0, 0.1) is 0 Å². The van der Waals surface area contributed by atoms with Crippen molar-refractivity contribution in [3.8, 4) is 0 Å². The van der Waals surface area contributed by atoms with Crippen LogP contribution in [0.1, 0.15) is 13.3 Å². The molecule has 1 heterocycles. The summed E-state index contributed by atoms with van der Waals surface area (Å²) in [5.41, 5.74) is 0.466. The molecule has 0 aliphatic heterocycles. The van der Waals surface area contributed by atoms with Crippen LogP contribution in [0.2, 0.25) is 5.02 Å². The van der Waals surface area contributed by atoms with Gasteiger partial charge in [0, 0.05) is 25.7 Å². The summed E-state index contributed by atoms with van der Waals surface area (Å²) in [6.45, 7) is 2.57. The molecule has 0 aliphatic rings. The maximum atomic E-state index is 12.6. The molecule has 2 aromatic rings. The van der Waals surface area contributed by atoms with Gasteiger partial charge >= 0.3 is 0 Å². The Labute approximate surface area is 138 Å². The molecular weight excluding hydrogens is 322 g/mol. The van der Waals surface area contributed by atoms with E-state index < -0.39 is 0 Å². The Morgan fingerprint density at radius 3 is 2.77 bits per heavy atom. The first-order chi connectivity index (χ1) is 10.4. The molecule has 0 bridgehead atoms. The van der Waals surface area contributed by atoms with Gasteiger partial charge in [-0.25, -0.2) is 4.98 Å². The number of aromatic nitrogens is 2. The molecule has 0 saturated heterocycles. The predicted octanol–water partition coefficient (Wildman–Crippen LogP) is 2.64. The largest absolute Gasteiger partial charge is 0.348 e. The number of benzene rings is 1. The fourth-order valence-electron chi connectivity index (χ4n) is 1.96. The number of thioether (sulfide) groups is 1. The second-order valence-corrected chi connectivity index (χ2v) is 6.47. The van der Waals surface area contributed by atoms with Gasteiger partial charge < -0.3 is 4.90 Å². The fourth-order valence-corrected chi connectivity index (χ4v) is 3.13. The molecule has 0 atom stereocenters. The van der Waals surface area contributed by atoms with Crippen molar-refractivity contribution < 1.29 is 4.79 Å². The second kappa shape index (κ2) is 7.15. The van der Waals surface area contributed by atoms with Crippen LogP contribution in [0.25, 0.3) is 10.9 Å². The van der Waals surface area contributed by atoms with E-state index in [0.717, 1.165) is 6.42 Å². The number of amides is 1. The number of hydrogen-bond donors (Lipinski definition) is 0. The highest BCUT2D eigenvalue weighted by Gasteiger charge is 2.13. The lowest BCUT2D eigenvalue weighted by Crippen LogP contribution is -2.26. The summed E-state index contributed by atoms with van der Waals surface area (Å²) in [5, 5.41) is 1.63. The highest BCUT2D eigenvalue weighted by molar-refractivity contribution is 7.99. The number of fused-ring (bicyclic) bond motifs is 1. The van der Waals surface area contributed by atoms with E-state index in [9.17, 15) is 9.59 Å². The van der Waals surface area contributed by atoms with Crippen molar-refractivity contribution in [3.63, 3.8) is 0 Å². The molecule has 0 spiro atoms. The quantitative estimate of drug-likeness (QED) is 0.620. The smallest absolute Gasteiger partial charge is 0.262 e. The first-order valence-corrected chi connectivity index (χ1v) is 8.33. The van der Waals surface area contributed by atoms with Gasteiger partial charge in [-0.3, -0.25) is 14.2 Å². The molecule has 0 saturated carbocycles. The van der Waals surface area contributed by atoms with Crippen molar-refractivity contribution in [1.29, 1.82) is 0 Å². The Morgan fingerprint density at radius 1 is 1.41 bits per heavy atom. The Hall–Kier alpha value is -1.53. The van der Waals surface area contributed by atoms with Gasteiger partial charge in [-0.05, 0) is 24.6 Å². The number of nitrogens with zero attached hydrogens (tertiary/aromatic N) is 3. The minimum absolute atomic E-state index is 0.0199. The van der Waals surface area contributed by atoms with Crippen LogP contribution >= 0.6 is 23.4 Å². The van der Waals surface area contributed by atoms with E-state index >= 15 is 0 Å². The number of carbonyl (C=O) groups is 1. The first kappa shape index (κ1) is 16.8. The fraction of sp³-hybridized carbons (Fsp3) is 0.400. The summed E-state index contributed by atoms with van der Waals surface area (Å²) in [6.07, 6.45) is 0.815. The normalized spacial score (nSPS) is 10.9. The van der Waals surface area contributed by atoms with Crippen molar-refractivity contribution in [2.24, 2.45) is 0 Å². The van der Waals surface area contributed by atoms with Gasteiger partial charge in [0.25, 0.3) is 5.56 Å². The zero-order valence-corrected chi connectivity index (χ0v) is 14.4. The lowest BCUT2D eigenvalue weighted by molar-refractivity contribution is -0.125. The second-order valence-electron chi connectivity index (χ2n) is 5.09. The molecule has 0 fully saturated rings. The molecule has 118 valence electrons. The zero-order chi connectivity index (χ0) is 16.3. The summed E-state index contributed by atoms with van der Waals surface area (Å²) in [4.78, 5) is 30.4. The SMILES string of the molecule is CCCn1c(SCC(=O)N(C)C)nc2cc(Cl)ccc2c1=O. The van der Waals surface area contributed by atoms with Crippen LogP contribution in [0.4, 0.5) is 0 Å². The molecule has 22 heavy (non-hydrogen) atoms. The molecule has 1 aromatic carbocycles. The Bertz CT molecular complexity index is 758. The predicted molar refractivity (Wildman–Crippen MR) is 90.7 cm³/mol. The minimum atomic E-state index is -0.0941. The minimum Gasteiger partial charge on any atom is -0.348 e. The van der Waals surface area contributed by atoms with Crippen molar-refractivity contribution in [3.05, 3.63) is 33.6 Å². The lowest BCUT2D eigenvalue weighted by atomic mass is 10.2. The van der Waals surface area contributed by atoms with Crippen LogP contribution in [-0.4, -0.2) is 40.2 Å². The Kier molecular flexibility index (Phi) is 5.47. The summed E-state index contributed by atoms with van der Waals surface area (Å²) >= 11 is 7.25. The first-order valence-electron chi connectivity index (χ1n) is 6.97. The maximum absolute atomic E-state index is 12.6. The molecule has 7 heteroatoms. The van der Waals surface area contributed by atoms with Gasteiger partial charge in [0.05, 0.1) is 16.7 Å². The highest BCUT2D eigenvalue weighted by atomic mass is 35.5. The molecule has 0 aliphatic carbocycles. The molecule has 0 unspecified atom stereocenters. The van der Waals surface area contributed by atoms with Crippen molar-refractivity contribution in [2.45, 2.75) is 25.0 Å². The average molecular weight is 340 g/mol. The van der Waals surface area contributed by atoms with Crippen molar-refractivity contribution in [2.75, 3.05) is 19.8 Å². The Balaban J connectivity index is 2.48. The third-order valence-corrected chi connectivity index (χ3v) is 4.35. The van der Waals surface area contributed by atoms with Crippen molar-refractivity contribution in [1.82, 2.24) is 14.5 Å². The van der Waals surface area contributed by atoms with E-state index in [1.54, 1.807) is 36.9 Å². The number of halogens is 1. The molecule has 0 radical (unpaired) electrons. The number of rotatable bonds is 5. The standard InChI is InChI=1S/C15H18ClN3O2S/c1-4-7-19-14(21)11-6-5-10(16)8-12(11)17-15(19)22-9-13(20)18(2)3/h5-6,8H,4,7,9H2,1-3H3. The van der Waals surface area contributed by atoms with Gasteiger partial charge in [0.2, 0.25) is 5.91 Å². The lowest BCUT2D eigenvalue weighted by Gasteiger charge is -2.13. The molecule has 1 aromatic heterocycles. The summed E-state index contributed by atoms with van der Waals surface area (Å²) in [7, 11) is 3.41. The van der Waals surface area contributed by atoms with E-state index in [1.165, 1.54) is 16.7 Å². The van der Waals surface area contributed by atoms with E-state index in [4.69, 9.17) is 11.6 Å². The summed E-state index contributed by atoms with van der Waals surface area (Å²) in [6, 6.07) is 5.05. The van der Waals surface area contributed by atoms with E-state index in [0.29, 0.717) is 27.6 Å². The molecule has 1 amide bonds. The third kappa shape index (κ3) is 3.62. The Morgan fingerprint density at radius 2 is 2.14 bits per heavy atom.